The van der Waals surface area contributed by atoms with E-state index < -0.39 is 49.9 Å². The van der Waals surface area contributed by atoms with E-state index in [1.807, 2.05) is 30.3 Å². The van der Waals surface area contributed by atoms with E-state index in [2.05, 4.69) is 30.3 Å². The standard InChI is InChI=1S/C32H46N2O9Si/c1-32(2,3)43-31(39)33-26(28(35)36)16-11-17-40-25-15-10-14-24(20-25)21-27(29(37)41-18-19-44(4,5)6)34-30(38)42-22-23-12-8-7-9-13-23/h7-10,12-15,20,26-27H,11,16-19,21-22H2,1-6H3,(H,33,39)(H,34,38)(H,35,36)/t26-,27-/m0/s1. The van der Waals surface area contributed by atoms with E-state index in [9.17, 15) is 24.3 Å². The molecule has 0 saturated carbocycles. The van der Waals surface area contributed by atoms with Crippen molar-refractivity contribution in [3.05, 3.63) is 65.7 Å². The van der Waals surface area contributed by atoms with E-state index in [1.54, 1.807) is 45.0 Å². The number of nitrogens with one attached hydrogen (secondary N) is 2. The zero-order valence-electron chi connectivity index (χ0n) is 26.5. The highest BCUT2D eigenvalue weighted by atomic mass is 28.3. The Bertz CT molecular complexity index is 1230. The smallest absolute Gasteiger partial charge is 0.408 e. The van der Waals surface area contributed by atoms with E-state index in [4.69, 9.17) is 18.9 Å². The van der Waals surface area contributed by atoms with Crippen molar-refractivity contribution in [1.29, 1.82) is 0 Å². The van der Waals surface area contributed by atoms with Crippen LogP contribution < -0.4 is 15.4 Å². The maximum atomic E-state index is 13.0. The van der Waals surface area contributed by atoms with Crippen LogP contribution in [0.4, 0.5) is 9.59 Å². The second kappa shape index (κ2) is 17.3. The molecule has 3 N–H and O–H groups in total. The number of benzene rings is 2. The van der Waals surface area contributed by atoms with Crippen molar-refractivity contribution < 1.29 is 43.2 Å². The number of carbonyl (C=O) groups is 4. The van der Waals surface area contributed by atoms with Crippen LogP contribution >= 0.6 is 0 Å². The molecule has 2 rings (SSSR count). The van der Waals surface area contributed by atoms with E-state index in [1.165, 1.54) is 0 Å². The fourth-order valence-corrected chi connectivity index (χ4v) is 4.56. The molecule has 0 aromatic heterocycles. The molecule has 2 amide bonds. The molecule has 2 aromatic rings. The number of amides is 2. The Balaban J connectivity index is 1.98. The van der Waals surface area contributed by atoms with Crippen LogP contribution in [0.5, 0.6) is 5.75 Å². The lowest BCUT2D eigenvalue weighted by molar-refractivity contribution is -0.145. The lowest BCUT2D eigenvalue weighted by atomic mass is 10.1. The van der Waals surface area contributed by atoms with Gasteiger partial charge in [0, 0.05) is 14.5 Å². The van der Waals surface area contributed by atoms with Gasteiger partial charge in [0.1, 0.15) is 30.0 Å². The average molecular weight is 631 g/mol. The van der Waals surface area contributed by atoms with Crippen molar-refractivity contribution >= 4 is 32.2 Å². The molecule has 0 saturated heterocycles. The van der Waals surface area contributed by atoms with E-state index in [0.717, 1.165) is 11.6 Å². The molecular weight excluding hydrogens is 584 g/mol. The second-order valence-electron chi connectivity index (χ2n) is 12.6. The molecule has 0 aliphatic heterocycles. The molecular formula is C32H46N2O9Si. The fraction of sp³-hybridized carbons (Fsp3) is 0.500. The lowest BCUT2D eigenvalue weighted by Gasteiger charge is -2.22. The number of ether oxygens (including phenoxy) is 4. The molecule has 12 heteroatoms. The molecule has 0 bridgehead atoms. The first kappa shape index (κ1) is 36.1. The Morgan fingerprint density at radius 3 is 2.14 bits per heavy atom. The van der Waals surface area contributed by atoms with E-state index >= 15 is 0 Å². The zero-order valence-corrected chi connectivity index (χ0v) is 27.5. The van der Waals surface area contributed by atoms with Gasteiger partial charge in [0.2, 0.25) is 0 Å². The molecule has 44 heavy (non-hydrogen) atoms. The summed E-state index contributed by atoms with van der Waals surface area (Å²) in [6, 6.07) is 15.0. The summed E-state index contributed by atoms with van der Waals surface area (Å²) in [6.07, 6.45) is -0.914. The van der Waals surface area contributed by atoms with Gasteiger partial charge >= 0.3 is 24.1 Å². The fourth-order valence-electron chi connectivity index (χ4n) is 3.84. The number of carboxylic acids is 1. The van der Waals surface area contributed by atoms with Gasteiger partial charge in [0.25, 0.3) is 0 Å². The average Bonchev–Trinajstić information content (AvgIpc) is 2.92. The normalized spacial score (nSPS) is 12.8. The van der Waals surface area contributed by atoms with Gasteiger partial charge in [0.15, 0.2) is 0 Å². The van der Waals surface area contributed by atoms with Gasteiger partial charge in [-0.2, -0.15) is 0 Å². The zero-order chi connectivity index (χ0) is 32.8. The van der Waals surface area contributed by atoms with Gasteiger partial charge in [-0.1, -0.05) is 62.1 Å². The van der Waals surface area contributed by atoms with Crippen LogP contribution in [0.15, 0.2) is 54.6 Å². The van der Waals surface area contributed by atoms with Crippen molar-refractivity contribution in [1.82, 2.24) is 10.6 Å². The summed E-state index contributed by atoms with van der Waals surface area (Å²) in [4.78, 5) is 49.2. The van der Waals surface area contributed by atoms with Crippen LogP contribution in [0.2, 0.25) is 25.7 Å². The molecule has 0 spiro atoms. The number of hydrogen-bond donors (Lipinski definition) is 3. The molecule has 11 nitrogen and oxygen atoms in total. The van der Waals surface area contributed by atoms with Crippen molar-refractivity contribution in [2.75, 3.05) is 13.2 Å². The number of esters is 1. The van der Waals surface area contributed by atoms with Gasteiger partial charge in [-0.3, -0.25) is 0 Å². The predicted octanol–water partition coefficient (Wildman–Crippen LogP) is 5.54. The van der Waals surface area contributed by atoms with Gasteiger partial charge in [-0.25, -0.2) is 19.2 Å². The summed E-state index contributed by atoms with van der Waals surface area (Å²) in [6.45, 7) is 12.1. The van der Waals surface area contributed by atoms with Crippen LogP contribution in [-0.2, 0) is 36.8 Å². The Morgan fingerprint density at radius 1 is 0.841 bits per heavy atom. The highest BCUT2D eigenvalue weighted by Gasteiger charge is 2.26. The molecule has 0 radical (unpaired) electrons. The molecule has 2 atom stereocenters. The number of carbonyl (C=O) groups excluding carboxylic acids is 3. The number of hydrogen-bond acceptors (Lipinski definition) is 8. The third-order valence-electron chi connectivity index (χ3n) is 6.12. The lowest BCUT2D eigenvalue weighted by Crippen LogP contribution is -2.44. The van der Waals surface area contributed by atoms with Crippen molar-refractivity contribution in [3.8, 4) is 5.75 Å². The van der Waals surface area contributed by atoms with Gasteiger partial charge < -0.3 is 34.7 Å². The van der Waals surface area contributed by atoms with Crippen LogP contribution in [-0.4, -0.2) is 68.2 Å². The Hall–Kier alpha value is -4.06. The maximum Gasteiger partial charge on any atom is 0.408 e. The largest absolute Gasteiger partial charge is 0.494 e. The molecule has 2 aromatic carbocycles. The summed E-state index contributed by atoms with van der Waals surface area (Å²) in [5.41, 5.74) is 0.785. The minimum atomic E-state index is -1.44. The Labute approximate surface area is 260 Å². The molecule has 0 aliphatic rings. The highest BCUT2D eigenvalue weighted by molar-refractivity contribution is 6.76. The first-order valence-electron chi connectivity index (χ1n) is 14.7. The van der Waals surface area contributed by atoms with Crippen molar-refractivity contribution in [2.24, 2.45) is 0 Å². The quantitative estimate of drug-likeness (QED) is 0.0940. The van der Waals surface area contributed by atoms with Crippen LogP contribution in [0.1, 0.15) is 44.7 Å². The first-order chi connectivity index (χ1) is 20.6. The molecule has 0 heterocycles. The maximum absolute atomic E-state index is 13.0. The number of rotatable bonds is 16. The minimum absolute atomic E-state index is 0.0589. The summed E-state index contributed by atoms with van der Waals surface area (Å²) >= 11 is 0. The third-order valence-corrected chi connectivity index (χ3v) is 7.82. The predicted molar refractivity (Wildman–Crippen MR) is 168 cm³/mol. The molecule has 0 aliphatic carbocycles. The van der Waals surface area contributed by atoms with E-state index in [0.29, 0.717) is 17.7 Å². The SMILES string of the molecule is CC(C)(C)OC(=O)N[C@@H](CCCOc1cccc(C[C@H](NC(=O)OCc2ccccc2)C(=O)OCC[Si](C)(C)C)c1)C(=O)O. The molecule has 0 fully saturated rings. The topological polar surface area (TPSA) is 149 Å². The summed E-state index contributed by atoms with van der Waals surface area (Å²) in [7, 11) is -1.44. The van der Waals surface area contributed by atoms with Crippen LogP contribution in [0, 0.1) is 0 Å². The number of carboxylic acid groups (broad SMARTS) is 1. The summed E-state index contributed by atoms with van der Waals surface area (Å²) in [5.74, 6) is -1.22. The molecule has 0 unspecified atom stereocenters. The second-order valence-corrected chi connectivity index (χ2v) is 18.2. The highest BCUT2D eigenvalue weighted by Crippen LogP contribution is 2.17. The minimum Gasteiger partial charge on any atom is -0.494 e. The first-order valence-corrected chi connectivity index (χ1v) is 18.4. The van der Waals surface area contributed by atoms with Gasteiger partial charge in [0.05, 0.1) is 13.2 Å². The van der Waals surface area contributed by atoms with E-state index in [-0.39, 0.29) is 32.7 Å². The number of aliphatic carboxylic acids is 1. The molecule has 242 valence electrons. The van der Waals surface area contributed by atoms with Crippen LogP contribution in [0.3, 0.4) is 0 Å². The van der Waals surface area contributed by atoms with Crippen molar-refractivity contribution in [2.45, 2.75) is 90.0 Å². The van der Waals surface area contributed by atoms with Gasteiger partial charge in [-0.05, 0) is 62.9 Å². The third kappa shape index (κ3) is 15.4. The van der Waals surface area contributed by atoms with Gasteiger partial charge in [-0.15, -0.1) is 0 Å². The Kier molecular flexibility index (Phi) is 14.2. The summed E-state index contributed by atoms with van der Waals surface area (Å²) < 4.78 is 21.8. The van der Waals surface area contributed by atoms with Crippen molar-refractivity contribution in [3.63, 3.8) is 0 Å². The summed E-state index contributed by atoms with van der Waals surface area (Å²) in [5, 5.41) is 14.5. The monoisotopic (exact) mass is 630 g/mol. The number of alkyl carbamates (subject to hydrolysis) is 2. The van der Waals surface area contributed by atoms with Crippen LogP contribution in [0.25, 0.3) is 0 Å². The Morgan fingerprint density at radius 2 is 1.50 bits per heavy atom.